The summed E-state index contributed by atoms with van der Waals surface area (Å²) in [6, 6.07) is 6.16. The molecule has 0 bridgehead atoms. The Morgan fingerprint density at radius 3 is 2.76 bits per heavy atom. The molecule has 0 spiro atoms. The fourth-order valence-corrected chi connectivity index (χ4v) is 3.18. The molecule has 0 aromatic carbocycles. The predicted molar refractivity (Wildman–Crippen MR) is 73.5 cm³/mol. The van der Waals surface area contributed by atoms with Gasteiger partial charge in [-0.05, 0) is 48.0 Å². The van der Waals surface area contributed by atoms with Gasteiger partial charge in [-0.25, -0.2) is 9.97 Å². The number of rotatable bonds is 1. The quantitative estimate of drug-likeness (QED) is 0.684. The van der Waals surface area contributed by atoms with E-state index in [0.717, 1.165) is 31.5 Å². The first kappa shape index (κ1) is 10.9. The first-order valence-corrected chi connectivity index (χ1v) is 6.83. The average molecular weight is 308 g/mol. The highest BCUT2D eigenvalue weighted by molar-refractivity contribution is 9.11. The minimum Gasteiger partial charge on any atom is -0.288 e. The highest BCUT2D eigenvalue weighted by atomic mass is 79.9. The van der Waals surface area contributed by atoms with Crippen LogP contribution < -0.4 is 0 Å². The summed E-state index contributed by atoms with van der Waals surface area (Å²) in [6.07, 6.45) is 2.04. The lowest BCUT2D eigenvalue weighted by atomic mass is 10.3. The molecular formula is C12H10BrN3S. The molecule has 17 heavy (non-hydrogen) atoms. The molecule has 3 heterocycles. The van der Waals surface area contributed by atoms with Crippen LogP contribution in [0.15, 0.2) is 28.2 Å². The first-order chi connectivity index (χ1) is 8.13. The van der Waals surface area contributed by atoms with Crippen molar-refractivity contribution < 1.29 is 0 Å². The summed E-state index contributed by atoms with van der Waals surface area (Å²) in [4.78, 5) is 10.1. The molecule has 0 amide bonds. The summed E-state index contributed by atoms with van der Waals surface area (Å²) in [6.45, 7) is 4.06. The second kappa shape index (κ2) is 3.92. The number of hydrogen-bond donors (Lipinski definition) is 0. The number of fused-ring (bicyclic) bond motifs is 1. The predicted octanol–water partition coefficient (Wildman–Crippen LogP) is 3.84. The molecule has 3 aromatic rings. The van der Waals surface area contributed by atoms with E-state index in [0.29, 0.717) is 0 Å². The van der Waals surface area contributed by atoms with E-state index in [9.17, 15) is 0 Å². The monoisotopic (exact) mass is 307 g/mol. The van der Waals surface area contributed by atoms with Crippen LogP contribution in [0.25, 0.3) is 16.3 Å². The first-order valence-electron chi connectivity index (χ1n) is 5.22. The normalized spacial score (nSPS) is 11.2. The van der Waals surface area contributed by atoms with E-state index in [1.165, 1.54) is 0 Å². The summed E-state index contributed by atoms with van der Waals surface area (Å²) in [5.41, 5.74) is 3.13. The number of aromatic nitrogens is 3. The third-order valence-corrected chi connectivity index (χ3v) is 4.23. The van der Waals surface area contributed by atoms with Crippen LogP contribution in [0.5, 0.6) is 0 Å². The van der Waals surface area contributed by atoms with Crippen LogP contribution in [0.3, 0.4) is 0 Å². The second-order valence-electron chi connectivity index (χ2n) is 3.94. The van der Waals surface area contributed by atoms with Crippen LogP contribution in [0, 0.1) is 13.8 Å². The van der Waals surface area contributed by atoms with Crippen molar-refractivity contribution in [2.24, 2.45) is 0 Å². The van der Waals surface area contributed by atoms with Crippen molar-refractivity contribution in [1.29, 1.82) is 0 Å². The lowest BCUT2D eigenvalue weighted by Gasteiger charge is -1.98. The molecule has 3 aromatic heterocycles. The Hall–Kier alpha value is -1.20. The van der Waals surface area contributed by atoms with Gasteiger partial charge < -0.3 is 0 Å². The molecule has 0 radical (unpaired) electrons. The number of thiophene rings is 1. The Morgan fingerprint density at radius 1 is 1.24 bits per heavy atom. The molecule has 0 saturated carbocycles. The smallest absolute Gasteiger partial charge is 0.234 e. The SMILES string of the molecule is Cc1cc(C)n2cc(-c3ccc(Br)s3)nc2n1. The van der Waals surface area contributed by atoms with Gasteiger partial charge >= 0.3 is 0 Å². The zero-order chi connectivity index (χ0) is 12.0. The number of imidazole rings is 1. The van der Waals surface area contributed by atoms with Crippen LogP contribution in [0.4, 0.5) is 0 Å². The van der Waals surface area contributed by atoms with Crippen LogP contribution >= 0.6 is 27.3 Å². The van der Waals surface area contributed by atoms with E-state index in [1.807, 2.05) is 23.6 Å². The molecule has 5 heteroatoms. The van der Waals surface area contributed by atoms with Crippen LogP contribution in [-0.2, 0) is 0 Å². The Bertz CT molecular complexity index is 699. The van der Waals surface area contributed by atoms with E-state index in [4.69, 9.17) is 0 Å². The van der Waals surface area contributed by atoms with Crippen LogP contribution in [0.2, 0.25) is 0 Å². The van der Waals surface area contributed by atoms with E-state index in [2.05, 4.69) is 45.0 Å². The maximum Gasteiger partial charge on any atom is 0.234 e. The molecular weight excluding hydrogens is 298 g/mol. The van der Waals surface area contributed by atoms with Crippen molar-refractivity contribution in [3.63, 3.8) is 0 Å². The number of halogens is 1. The van der Waals surface area contributed by atoms with Crippen LogP contribution in [0.1, 0.15) is 11.4 Å². The molecule has 0 N–H and O–H groups in total. The molecule has 3 rings (SSSR count). The minimum absolute atomic E-state index is 0.766. The Kier molecular flexibility index (Phi) is 2.52. The third kappa shape index (κ3) is 1.89. The standard InChI is InChI=1S/C12H10BrN3S/c1-7-5-8(2)16-6-9(15-12(16)14-7)10-3-4-11(13)17-10/h3-6H,1-2H3. The lowest BCUT2D eigenvalue weighted by molar-refractivity contribution is 1.01. The molecule has 0 saturated heterocycles. The fraction of sp³-hybridized carbons (Fsp3) is 0.167. The van der Waals surface area contributed by atoms with Crippen molar-refractivity contribution in [2.75, 3.05) is 0 Å². The van der Waals surface area contributed by atoms with Crippen LogP contribution in [-0.4, -0.2) is 14.4 Å². The summed E-state index contributed by atoms with van der Waals surface area (Å²) in [5, 5.41) is 0. The zero-order valence-corrected chi connectivity index (χ0v) is 11.8. The van der Waals surface area contributed by atoms with Gasteiger partial charge in [-0.15, -0.1) is 11.3 Å². The molecule has 0 unspecified atom stereocenters. The second-order valence-corrected chi connectivity index (χ2v) is 6.40. The number of aryl methyl sites for hydroxylation is 2. The molecule has 0 aliphatic carbocycles. The maximum atomic E-state index is 4.56. The van der Waals surface area contributed by atoms with Crippen molar-refractivity contribution in [3.05, 3.63) is 39.6 Å². The molecule has 0 aliphatic rings. The summed E-state index contributed by atoms with van der Waals surface area (Å²) in [7, 11) is 0. The highest BCUT2D eigenvalue weighted by Crippen LogP contribution is 2.30. The van der Waals surface area contributed by atoms with Gasteiger partial charge in [-0.3, -0.25) is 4.40 Å². The summed E-state index contributed by atoms with van der Waals surface area (Å²) in [5.74, 6) is 0.766. The average Bonchev–Trinajstić information content (AvgIpc) is 2.83. The molecule has 0 aliphatic heterocycles. The van der Waals surface area contributed by atoms with E-state index >= 15 is 0 Å². The molecule has 0 fully saturated rings. The fourth-order valence-electron chi connectivity index (χ4n) is 1.84. The molecule has 0 atom stereocenters. The van der Waals surface area contributed by atoms with Gasteiger partial charge in [0.1, 0.15) is 5.69 Å². The van der Waals surface area contributed by atoms with E-state index in [-0.39, 0.29) is 0 Å². The van der Waals surface area contributed by atoms with Gasteiger partial charge in [0.15, 0.2) is 0 Å². The van der Waals surface area contributed by atoms with Gasteiger partial charge in [0, 0.05) is 17.6 Å². The largest absolute Gasteiger partial charge is 0.288 e. The number of nitrogens with zero attached hydrogens (tertiary/aromatic N) is 3. The summed E-state index contributed by atoms with van der Waals surface area (Å²) >= 11 is 5.15. The van der Waals surface area contributed by atoms with E-state index < -0.39 is 0 Å². The van der Waals surface area contributed by atoms with Gasteiger partial charge in [-0.2, -0.15) is 0 Å². The van der Waals surface area contributed by atoms with Crippen molar-refractivity contribution in [2.45, 2.75) is 13.8 Å². The summed E-state index contributed by atoms with van der Waals surface area (Å²) < 4.78 is 3.14. The van der Waals surface area contributed by atoms with Gasteiger partial charge in [-0.1, -0.05) is 0 Å². The lowest BCUT2D eigenvalue weighted by Crippen LogP contribution is -1.94. The minimum atomic E-state index is 0.766. The van der Waals surface area contributed by atoms with Crippen molar-refractivity contribution >= 4 is 33.0 Å². The Balaban J connectivity index is 2.23. The highest BCUT2D eigenvalue weighted by Gasteiger charge is 2.09. The molecule has 86 valence electrons. The topological polar surface area (TPSA) is 30.2 Å². The molecule has 3 nitrogen and oxygen atoms in total. The van der Waals surface area contributed by atoms with Crippen molar-refractivity contribution in [1.82, 2.24) is 14.4 Å². The maximum absolute atomic E-state index is 4.56. The Labute approximate surface area is 111 Å². The zero-order valence-electron chi connectivity index (χ0n) is 9.44. The Morgan fingerprint density at radius 2 is 2.06 bits per heavy atom. The van der Waals surface area contributed by atoms with Gasteiger partial charge in [0.25, 0.3) is 0 Å². The van der Waals surface area contributed by atoms with Gasteiger partial charge in [0.2, 0.25) is 5.78 Å². The number of hydrogen-bond acceptors (Lipinski definition) is 3. The van der Waals surface area contributed by atoms with E-state index in [1.54, 1.807) is 11.3 Å². The van der Waals surface area contributed by atoms with Gasteiger partial charge in [0.05, 0.1) is 8.66 Å². The van der Waals surface area contributed by atoms with Crippen molar-refractivity contribution in [3.8, 4) is 10.6 Å². The third-order valence-electron chi connectivity index (χ3n) is 2.59.